The van der Waals surface area contributed by atoms with Gasteiger partial charge in [-0.2, -0.15) is 0 Å². The highest BCUT2D eigenvalue weighted by Gasteiger charge is 2.47. The van der Waals surface area contributed by atoms with Crippen LogP contribution >= 0.6 is 0 Å². The van der Waals surface area contributed by atoms with Crippen LogP contribution in [0.25, 0.3) is 0 Å². The SMILES string of the molecule is CCCn1ccnc1CC1(O)CC(C)(C)CC1C. The van der Waals surface area contributed by atoms with E-state index in [0.717, 1.165) is 31.6 Å². The Kier molecular flexibility index (Phi) is 3.54. The van der Waals surface area contributed by atoms with E-state index in [1.165, 1.54) is 0 Å². The van der Waals surface area contributed by atoms with Gasteiger partial charge in [0.15, 0.2) is 0 Å². The molecule has 0 aromatic carbocycles. The van der Waals surface area contributed by atoms with Gasteiger partial charge in [-0.3, -0.25) is 0 Å². The predicted octanol–water partition coefficient (Wildman–Crippen LogP) is 3.02. The highest BCUT2D eigenvalue weighted by Crippen LogP contribution is 2.48. The molecule has 0 bridgehead atoms. The Morgan fingerprint density at radius 1 is 1.50 bits per heavy atom. The van der Waals surface area contributed by atoms with Crippen LogP contribution in [0.15, 0.2) is 12.4 Å². The number of nitrogens with zero attached hydrogens (tertiary/aromatic N) is 2. The largest absolute Gasteiger partial charge is 0.389 e. The Morgan fingerprint density at radius 2 is 2.22 bits per heavy atom. The van der Waals surface area contributed by atoms with Gasteiger partial charge < -0.3 is 9.67 Å². The van der Waals surface area contributed by atoms with Gasteiger partial charge in [-0.05, 0) is 30.6 Å². The van der Waals surface area contributed by atoms with Crippen LogP contribution in [0.1, 0.15) is 52.8 Å². The lowest BCUT2D eigenvalue weighted by molar-refractivity contribution is 0.00196. The van der Waals surface area contributed by atoms with E-state index in [9.17, 15) is 5.11 Å². The lowest BCUT2D eigenvalue weighted by Crippen LogP contribution is -2.36. The molecule has 1 heterocycles. The summed E-state index contributed by atoms with van der Waals surface area (Å²) < 4.78 is 2.18. The van der Waals surface area contributed by atoms with Crippen molar-refractivity contribution in [3.05, 3.63) is 18.2 Å². The molecule has 1 aromatic rings. The first-order valence-electron chi connectivity index (χ1n) is 7.09. The second-order valence-corrected chi connectivity index (χ2v) is 6.76. The van der Waals surface area contributed by atoms with Crippen LogP contribution in [-0.2, 0) is 13.0 Å². The van der Waals surface area contributed by atoms with Crippen LogP contribution in [0.4, 0.5) is 0 Å². The van der Waals surface area contributed by atoms with E-state index in [-0.39, 0.29) is 5.41 Å². The summed E-state index contributed by atoms with van der Waals surface area (Å²) in [5.41, 5.74) is -0.337. The molecular formula is C15H26N2O. The van der Waals surface area contributed by atoms with Gasteiger partial charge in [0.2, 0.25) is 0 Å². The van der Waals surface area contributed by atoms with Gasteiger partial charge in [-0.25, -0.2) is 4.98 Å². The van der Waals surface area contributed by atoms with E-state index in [1.807, 2.05) is 12.4 Å². The fourth-order valence-corrected chi connectivity index (χ4v) is 3.56. The van der Waals surface area contributed by atoms with Crippen LogP contribution in [0.2, 0.25) is 0 Å². The van der Waals surface area contributed by atoms with Crippen LogP contribution in [0.5, 0.6) is 0 Å². The van der Waals surface area contributed by atoms with Crippen molar-refractivity contribution in [3.8, 4) is 0 Å². The van der Waals surface area contributed by atoms with Crippen molar-refractivity contribution < 1.29 is 5.11 Å². The lowest BCUT2D eigenvalue weighted by Gasteiger charge is -2.28. The van der Waals surface area contributed by atoms with Crippen molar-refractivity contribution in [2.45, 2.75) is 65.5 Å². The van der Waals surface area contributed by atoms with Gasteiger partial charge in [-0.1, -0.05) is 27.7 Å². The molecule has 1 aliphatic rings. The Bertz CT molecular complexity index is 410. The number of hydrogen-bond donors (Lipinski definition) is 1. The zero-order valence-electron chi connectivity index (χ0n) is 12.1. The minimum Gasteiger partial charge on any atom is -0.389 e. The van der Waals surface area contributed by atoms with E-state index in [2.05, 4.69) is 37.2 Å². The second-order valence-electron chi connectivity index (χ2n) is 6.76. The molecule has 2 rings (SSSR count). The maximum atomic E-state index is 10.9. The molecule has 1 saturated carbocycles. The molecule has 1 aromatic heterocycles. The average Bonchev–Trinajstić information content (AvgIpc) is 2.71. The molecule has 0 radical (unpaired) electrons. The van der Waals surface area contributed by atoms with Crippen molar-refractivity contribution in [1.82, 2.24) is 9.55 Å². The molecule has 0 aliphatic heterocycles. The van der Waals surface area contributed by atoms with Crippen molar-refractivity contribution in [2.75, 3.05) is 0 Å². The monoisotopic (exact) mass is 250 g/mol. The van der Waals surface area contributed by atoms with E-state index in [1.54, 1.807) is 0 Å². The van der Waals surface area contributed by atoms with Gasteiger partial charge in [0, 0.05) is 25.4 Å². The minimum absolute atomic E-state index is 0.246. The molecule has 2 unspecified atom stereocenters. The number of hydrogen-bond acceptors (Lipinski definition) is 2. The summed E-state index contributed by atoms with van der Waals surface area (Å²) in [5.74, 6) is 1.38. The molecule has 0 amide bonds. The maximum absolute atomic E-state index is 10.9. The van der Waals surface area contributed by atoms with Crippen molar-refractivity contribution in [1.29, 1.82) is 0 Å². The summed E-state index contributed by atoms with van der Waals surface area (Å²) in [6, 6.07) is 0. The van der Waals surface area contributed by atoms with E-state index >= 15 is 0 Å². The second kappa shape index (κ2) is 4.69. The lowest BCUT2D eigenvalue weighted by atomic mass is 9.87. The molecule has 1 N–H and O–H groups in total. The van der Waals surface area contributed by atoms with Crippen molar-refractivity contribution in [3.63, 3.8) is 0 Å². The molecule has 0 spiro atoms. The van der Waals surface area contributed by atoms with Crippen molar-refractivity contribution >= 4 is 0 Å². The third-order valence-electron chi connectivity index (χ3n) is 4.29. The number of aryl methyl sites for hydroxylation is 1. The fraction of sp³-hybridized carbons (Fsp3) is 0.800. The number of imidazole rings is 1. The molecule has 1 fully saturated rings. The number of aromatic nitrogens is 2. The summed E-state index contributed by atoms with van der Waals surface area (Å²) >= 11 is 0. The highest BCUT2D eigenvalue weighted by molar-refractivity contribution is 5.06. The predicted molar refractivity (Wildman–Crippen MR) is 73.4 cm³/mol. The third kappa shape index (κ3) is 2.61. The van der Waals surface area contributed by atoms with Crippen LogP contribution in [-0.4, -0.2) is 20.3 Å². The quantitative estimate of drug-likeness (QED) is 0.892. The van der Waals surface area contributed by atoms with E-state index in [0.29, 0.717) is 12.3 Å². The standard InChI is InChI=1S/C15H26N2O/c1-5-7-17-8-6-16-13(17)10-15(18)11-14(3,4)9-12(15)2/h6,8,12,18H,5,7,9-11H2,1-4H3. The zero-order chi connectivity index (χ0) is 13.4. The van der Waals surface area contributed by atoms with Crippen molar-refractivity contribution in [2.24, 2.45) is 11.3 Å². The van der Waals surface area contributed by atoms with Gasteiger partial charge in [-0.15, -0.1) is 0 Å². The molecular weight excluding hydrogens is 224 g/mol. The molecule has 0 saturated heterocycles. The van der Waals surface area contributed by atoms with E-state index < -0.39 is 5.60 Å². The number of aliphatic hydroxyl groups is 1. The maximum Gasteiger partial charge on any atom is 0.111 e. The summed E-state index contributed by atoms with van der Waals surface area (Å²) in [4.78, 5) is 4.43. The van der Waals surface area contributed by atoms with Gasteiger partial charge in [0.05, 0.1) is 5.60 Å². The average molecular weight is 250 g/mol. The molecule has 1 aliphatic carbocycles. The molecule has 2 atom stereocenters. The smallest absolute Gasteiger partial charge is 0.111 e. The Morgan fingerprint density at radius 3 is 2.78 bits per heavy atom. The molecule has 3 heteroatoms. The number of rotatable bonds is 4. The van der Waals surface area contributed by atoms with Gasteiger partial charge >= 0.3 is 0 Å². The molecule has 3 nitrogen and oxygen atoms in total. The highest BCUT2D eigenvalue weighted by atomic mass is 16.3. The van der Waals surface area contributed by atoms with E-state index in [4.69, 9.17) is 0 Å². The van der Waals surface area contributed by atoms with Crippen LogP contribution in [0, 0.1) is 11.3 Å². The zero-order valence-corrected chi connectivity index (χ0v) is 12.1. The van der Waals surface area contributed by atoms with Gasteiger partial charge in [0.25, 0.3) is 0 Å². The van der Waals surface area contributed by atoms with Crippen LogP contribution < -0.4 is 0 Å². The summed E-state index contributed by atoms with van der Waals surface area (Å²) in [6.45, 7) is 9.82. The Balaban J connectivity index is 2.15. The minimum atomic E-state index is -0.583. The Labute approximate surface area is 110 Å². The van der Waals surface area contributed by atoms with Gasteiger partial charge in [0.1, 0.15) is 5.82 Å². The summed E-state index contributed by atoms with van der Waals surface area (Å²) in [6.07, 6.45) is 7.62. The summed E-state index contributed by atoms with van der Waals surface area (Å²) in [7, 11) is 0. The normalized spacial score (nSPS) is 30.8. The Hall–Kier alpha value is -0.830. The first-order valence-corrected chi connectivity index (χ1v) is 7.09. The third-order valence-corrected chi connectivity index (χ3v) is 4.29. The van der Waals surface area contributed by atoms with Crippen LogP contribution in [0.3, 0.4) is 0 Å². The topological polar surface area (TPSA) is 38.0 Å². The fourth-order valence-electron chi connectivity index (χ4n) is 3.56. The first-order chi connectivity index (χ1) is 8.36. The molecule has 102 valence electrons. The molecule has 18 heavy (non-hydrogen) atoms. The summed E-state index contributed by atoms with van der Waals surface area (Å²) in [5, 5.41) is 10.9. The first kappa shape index (κ1) is 13.6.